The second kappa shape index (κ2) is 4.41. The first-order valence-electron chi connectivity index (χ1n) is 5.48. The van der Waals surface area contributed by atoms with Crippen LogP contribution >= 0.6 is 0 Å². The number of nitrogens with one attached hydrogen (secondary N) is 1. The van der Waals surface area contributed by atoms with E-state index in [0.717, 1.165) is 16.9 Å². The van der Waals surface area contributed by atoms with Gasteiger partial charge in [0.2, 0.25) is 0 Å². The highest BCUT2D eigenvalue weighted by molar-refractivity contribution is 5.94. The highest BCUT2D eigenvalue weighted by Crippen LogP contribution is 2.13. The maximum absolute atomic E-state index is 12.0. The van der Waals surface area contributed by atoms with Gasteiger partial charge < -0.3 is 5.32 Å². The molecule has 0 fully saturated rings. The van der Waals surface area contributed by atoms with Crippen LogP contribution in [0.2, 0.25) is 0 Å². The van der Waals surface area contributed by atoms with Gasteiger partial charge in [-0.25, -0.2) is 4.98 Å². The molecule has 0 saturated heterocycles. The van der Waals surface area contributed by atoms with Gasteiger partial charge in [0.25, 0.3) is 5.91 Å². The molecule has 0 bridgehead atoms. The lowest BCUT2D eigenvalue weighted by Gasteiger charge is -2.04. The number of rotatable bonds is 3. The first kappa shape index (κ1) is 11.4. The van der Waals surface area contributed by atoms with Crippen LogP contribution in [-0.4, -0.2) is 21.8 Å². The smallest absolute Gasteiger partial charge is 0.270 e. The predicted octanol–water partition coefficient (Wildman–Crippen LogP) is 1.87. The van der Waals surface area contributed by atoms with E-state index in [1.54, 1.807) is 6.08 Å². The fourth-order valence-electron chi connectivity index (χ4n) is 1.79. The molecule has 0 atom stereocenters. The minimum atomic E-state index is -0.125. The number of pyridine rings is 1. The number of hydrogen-bond donors (Lipinski definition) is 1. The van der Waals surface area contributed by atoms with Crippen LogP contribution < -0.4 is 5.32 Å². The molecule has 0 aliphatic rings. The Morgan fingerprint density at radius 2 is 2.29 bits per heavy atom. The van der Waals surface area contributed by atoms with Crippen molar-refractivity contribution in [1.29, 1.82) is 0 Å². The van der Waals surface area contributed by atoms with Crippen LogP contribution in [0.5, 0.6) is 0 Å². The summed E-state index contributed by atoms with van der Waals surface area (Å²) in [6, 6.07) is 3.89. The van der Waals surface area contributed by atoms with E-state index in [4.69, 9.17) is 0 Å². The minimum absolute atomic E-state index is 0.125. The van der Waals surface area contributed by atoms with Gasteiger partial charge in [-0.15, -0.1) is 6.58 Å². The Bertz CT molecular complexity index is 584. The number of hydrogen-bond acceptors (Lipinski definition) is 2. The van der Waals surface area contributed by atoms with Crippen LogP contribution in [0.3, 0.4) is 0 Å². The molecule has 0 spiro atoms. The number of imidazole rings is 1. The zero-order valence-electron chi connectivity index (χ0n) is 10.0. The molecule has 0 saturated carbocycles. The fraction of sp³-hybridized carbons (Fsp3) is 0.231. The summed E-state index contributed by atoms with van der Waals surface area (Å²) < 4.78 is 1.82. The average Bonchev–Trinajstić information content (AvgIpc) is 2.61. The molecule has 0 aromatic carbocycles. The van der Waals surface area contributed by atoms with Gasteiger partial charge in [0.1, 0.15) is 11.3 Å². The Labute approximate surface area is 100.0 Å². The van der Waals surface area contributed by atoms with Crippen molar-refractivity contribution in [2.75, 3.05) is 6.54 Å². The van der Waals surface area contributed by atoms with E-state index >= 15 is 0 Å². The summed E-state index contributed by atoms with van der Waals surface area (Å²) in [5.74, 6) is -0.125. The lowest BCUT2D eigenvalue weighted by molar-refractivity contribution is 0.0951. The maximum atomic E-state index is 12.0. The molecular formula is C13H15N3O. The third-order valence-corrected chi connectivity index (χ3v) is 2.56. The van der Waals surface area contributed by atoms with Gasteiger partial charge >= 0.3 is 0 Å². The van der Waals surface area contributed by atoms with Crippen molar-refractivity contribution in [1.82, 2.24) is 14.7 Å². The van der Waals surface area contributed by atoms with E-state index < -0.39 is 0 Å². The number of aryl methyl sites for hydroxylation is 2. The van der Waals surface area contributed by atoms with Gasteiger partial charge in [-0.05, 0) is 25.5 Å². The first-order chi connectivity index (χ1) is 8.13. The monoisotopic (exact) mass is 229 g/mol. The third kappa shape index (κ3) is 2.06. The largest absolute Gasteiger partial charge is 0.347 e. The molecule has 88 valence electrons. The normalized spacial score (nSPS) is 10.5. The Morgan fingerprint density at radius 3 is 3.00 bits per heavy atom. The van der Waals surface area contributed by atoms with Crippen molar-refractivity contribution in [3.8, 4) is 0 Å². The topological polar surface area (TPSA) is 46.4 Å². The molecule has 4 nitrogen and oxygen atoms in total. The zero-order chi connectivity index (χ0) is 12.4. The van der Waals surface area contributed by atoms with Crippen LogP contribution in [-0.2, 0) is 0 Å². The van der Waals surface area contributed by atoms with Gasteiger partial charge in [0.15, 0.2) is 0 Å². The van der Waals surface area contributed by atoms with E-state index in [2.05, 4.69) is 16.9 Å². The predicted molar refractivity (Wildman–Crippen MR) is 67.2 cm³/mol. The standard InChI is InChI=1S/C13H15N3O/c1-4-7-14-13(17)12-10(3)15-11-6-5-9(2)8-16(11)12/h4-6,8H,1,7H2,2-3H3,(H,14,17). The summed E-state index contributed by atoms with van der Waals surface area (Å²) in [7, 11) is 0. The van der Waals surface area contributed by atoms with E-state index in [-0.39, 0.29) is 5.91 Å². The van der Waals surface area contributed by atoms with E-state index in [0.29, 0.717) is 12.2 Å². The van der Waals surface area contributed by atoms with Crippen LogP contribution in [0, 0.1) is 13.8 Å². The molecule has 1 N–H and O–H groups in total. The molecule has 0 aliphatic carbocycles. The molecule has 0 aliphatic heterocycles. The van der Waals surface area contributed by atoms with Crippen LogP contribution in [0.25, 0.3) is 5.65 Å². The van der Waals surface area contributed by atoms with E-state index in [9.17, 15) is 4.79 Å². The Kier molecular flexibility index (Phi) is 2.95. The average molecular weight is 229 g/mol. The molecule has 1 amide bonds. The Hall–Kier alpha value is -2.10. The SMILES string of the molecule is C=CCNC(=O)c1c(C)nc2ccc(C)cn12. The lowest BCUT2D eigenvalue weighted by Crippen LogP contribution is -2.25. The molecule has 0 unspecified atom stereocenters. The Morgan fingerprint density at radius 1 is 1.53 bits per heavy atom. The molecule has 2 aromatic heterocycles. The van der Waals surface area contributed by atoms with Crippen molar-refractivity contribution < 1.29 is 4.79 Å². The van der Waals surface area contributed by atoms with Gasteiger partial charge in [0, 0.05) is 12.7 Å². The summed E-state index contributed by atoms with van der Waals surface area (Å²) in [4.78, 5) is 16.4. The Balaban J connectivity index is 2.51. The van der Waals surface area contributed by atoms with Gasteiger partial charge in [-0.2, -0.15) is 0 Å². The van der Waals surface area contributed by atoms with Crippen molar-refractivity contribution in [2.45, 2.75) is 13.8 Å². The third-order valence-electron chi connectivity index (χ3n) is 2.56. The molecule has 4 heteroatoms. The molecule has 17 heavy (non-hydrogen) atoms. The van der Waals surface area contributed by atoms with Crippen molar-refractivity contribution in [2.24, 2.45) is 0 Å². The number of nitrogens with zero attached hydrogens (tertiary/aromatic N) is 2. The molecule has 2 aromatic rings. The first-order valence-corrected chi connectivity index (χ1v) is 5.48. The number of fused-ring (bicyclic) bond motifs is 1. The van der Waals surface area contributed by atoms with Crippen molar-refractivity contribution in [3.63, 3.8) is 0 Å². The maximum Gasteiger partial charge on any atom is 0.270 e. The molecule has 0 radical (unpaired) electrons. The van der Waals surface area contributed by atoms with Crippen molar-refractivity contribution >= 4 is 11.6 Å². The number of carbonyl (C=O) groups excluding carboxylic acids is 1. The zero-order valence-corrected chi connectivity index (χ0v) is 10.0. The van der Waals surface area contributed by atoms with Crippen LogP contribution in [0.15, 0.2) is 31.0 Å². The summed E-state index contributed by atoms with van der Waals surface area (Å²) in [6.07, 6.45) is 3.57. The summed E-state index contributed by atoms with van der Waals surface area (Å²) in [6.45, 7) is 7.86. The fourth-order valence-corrected chi connectivity index (χ4v) is 1.79. The summed E-state index contributed by atoms with van der Waals surface area (Å²) >= 11 is 0. The quantitative estimate of drug-likeness (QED) is 0.817. The highest BCUT2D eigenvalue weighted by atomic mass is 16.1. The highest BCUT2D eigenvalue weighted by Gasteiger charge is 2.15. The van der Waals surface area contributed by atoms with Gasteiger partial charge in [-0.1, -0.05) is 12.1 Å². The summed E-state index contributed by atoms with van der Waals surface area (Å²) in [5.41, 5.74) is 3.20. The lowest BCUT2D eigenvalue weighted by atomic mass is 10.3. The van der Waals surface area contributed by atoms with E-state index in [1.807, 2.05) is 36.6 Å². The second-order valence-electron chi connectivity index (χ2n) is 3.98. The molecular weight excluding hydrogens is 214 g/mol. The minimum Gasteiger partial charge on any atom is -0.347 e. The number of amides is 1. The summed E-state index contributed by atoms with van der Waals surface area (Å²) in [5, 5.41) is 2.77. The van der Waals surface area contributed by atoms with Crippen molar-refractivity contribution in [3.05, 3.63) is 47.9 Å². The van der Waals surface area contributed by atoms with Crippen LogP contribution in [0.4, 0.5) is 0 Å². The van der Waals surface area contributed by atoms with Gasteiger partial charge in [-0.3, -0.25) is 9.20 Å². The number of carbonyl (C=O) groups is 1. The number of aromatic nitrogens is 2. The van der Waals surface area contributed by atoms with Gasteiger partial charge in [0.05, 0.1) is 5.69 Å². The molecule has 2 heterocycles. The van der Waals surface area contributed by atoms with E-state index in [1.165, 1.54) is 0 Å². The second-order valence-corrected chi connectivity index (χ2v) is 3.98. The molecule has 2 rings (SSSR count). The van der Waals surface area contributed by atoms with Crippen LogP contribution in [0.1, 0.15) is 21.7 Å².